The van der Waals surface area contributed by atoms with Gasteiger partial charge in [0.05, 0.1) is 5.56 Å². The van der Waals surface area contributed by atoms with Crippen LogP contribution in [0.15, 0.2) is 54.7 Å². The fourth-order valence-corrected chi connectivity index (χ4v) is 2.59. The predicted octanol–water partition coefficient (Wildman–Crippen LogP) is 4.43. The Hall–Kier alpha value is -2.95. The average Bonchev–Trinajstić information content (AvgIpc) is 2.86. The van der Waals surface area contributed by atoms with Gasteiger partial charge in [-0.25, -0.2) is 13.6 Å². The SMILES string of the molecule is Cc1c(C(=O)O)c(-c2ccc(F)cc2)cn1-c1ccc(F)cc1. The molecule has 0 atom stereocenters. The third-order valence-corrected chi connectivity index (χ3v) is 3.72. The zero-order valence-corrected chi connectivity index (χ0v) is 12.3. The van der Waals surface area contributed by atoms with Gasteiger partial charge in [-0.1, -0.05) is 12.1 Å². The molecule has 3 nitrogen and oxygen atoms in total. The minimum absolute atomic E-state index is 0.140. The average molecular weight is 313 g/mol. The van der Waals surface area contributed by atoms with Crippen molar-refractivity contribution in [3.05, 3.63) is 77.6 Å². The molecule has 0 aliphatic rings. The number of carbonyl (C=O) groups is 1. The summed E-state index contributed by atoms with van der Waals surface area (Å²) >= 11 is 0. The van der Waals surface area contributed by atoms with Crippen molar-refractivity contribution in [3.8, 4) is 16.8 Å². The number of nitrogens with zero attached hydrogens (tertiary/aromatic N) is 1. The molecule has 116 valence electrons. The van der Waals surface area contributed by atoms with Gasteiger partial charge >= 0.3 is 5.97 Å². The van der Waals surface area contributed by atoms with Crippen molar-refractivity contribution in [1.82, 2.24) is 4.57 Å². The Morgan fingerprint density at radius 2 is 1.48 bits per heavy atom. The van der Waals surface area contributed by atoms with E-state index >= 15 is 0 Å². The number of benzene rings is 2. The van der Waals surface area contributed by atoms with E-state index < -0.39 is 5.97 Å². The molecule has 3 rings (SSSR count). The summed E-state index contributed by atoms with van der Waals surface area (Å²) in [4.78, 5) is 11.6. The lowest BCUT2D eigenvalue weighted by Gasteiger charge is -2.06. The van der Waals surface area contributed by atoms with Gasteiger partial charge in [0, 0.05) is 23.1 Å². The lowest BCUT2D eigenvalue weighted by atomic mass is 10.0. The molecule has 0 radical (unpaired) electrons. The topological polar surface area (TPSA) is 42.2 Å². The molecule has 0 unspecified atom stereocenters. The largest absolute Gasteiger partial charge is 0.478 e. The summed E-state index contributed by atoms with van der Waals surface area (Å²) in [5.74, 6) is -1.82. The molecule has 5 heteroatoms. The number of rotatable bonds is 3. The van der Waals surface area contributed by atoms with E-state index in [0.29, 0.717) is 22.5 Å². The van der Waals surface area contributed by atoms with E-state index in [0.717, 1.165) is 0 Å². The number of halogens is 2. The molecule has 1 heterocycles. The van der Waals surface area contributed by atoms with Crippen LogP contribution >= 0.6 is 0 Å². The first-order valence-electron chi connectivity index (χ1n) is 6.94. The highest BCUT2D eigenvalue weighted by Crippen LogP contribution is 2.30. The van der Waals surface area contributed by atoms with Crippen molar-refractivity contribution in [2.75, 3.05) is 0 Å². The van der Waals surface area contributed by atoms with E-state index in [4.69, 9.17) is 0 Å². The summed E-state index contributed by atoms with van der Waals surface area (Å²) in [7, 11) is 0. The molecule has 1 N–H and O–H groups in total. The smallest absolute Gasteiger partial charge is 0.338 e. The number of aromatic carboxylic acids is 1. The molecular formula is C18H13F2NO2. The van der Waals surface area contributed by atoms with Gasteiger partial charge in [0.25, 0.3) is 0 Å². The quantitative estimate of drug-likeness (QED) is 0.777. The van der Waals surface area contributed by atoms with Crippen LogP contribution in [0.3, 0.4) is 0 Å². The molecule has 0 fully saturated rings. The van der Waals surface area contributed by atoms with Crippen LogP contribution in [0.4, 0.5) is 8.78 Å². The van der Waals surface area contributed by atoms with E-state index in [2.05, 4.69) is 0 Å². The maximum Gasteiger partial charge on any atom is 0.338 e. The normalized spacial score (nSPS) is 10.7. The summed E-state index contributed by atoms with van der Waals surface area (Å²) < 4.78 is 27.9. The van der Waals surface area contributed by atoms with Gasteiger partial charge in [-0.3, -0.25) is 0 Å². The first-order valence-corrected chi connectivity index (χ1v) is 6.94. The number of hydrogen-bond acceptors (Lipinski definition) is 1. The first-order chi connectivity index (χ1) is 11.0. The molecule has 0 saturated heterocycles. The van der Waals surface area contributed by atoms with E-state index in [1.54, 1.807) is 29.8 Å². The molecule has 0 amide bonds. The summed E-state index contributed by atoms with van der Waals surface area (Å²) in [6, 6.07) is 11.4. The lowest BCUT2D eigenvalue weighted by Crippen LogP contribution is -2.02. The Morgan fingerprint density at radius 3 is 2.00 bits per heavy atom. The maximum atomic E-state index is 13.1. The van der Waals surface area contributed by atoms with E-state index in [-0.39, 0.29) is 17.2 Å². The van der Waals surface area contributed by atoms with E-state index in [1.807, 2.05) is 0 Å². The van der Waals surface area contributed by atoms with Gasteiger partial charge in [-0.15, -0.1) is 0 Å². The summed E-state index contributed by atoms with van der Waals surface area (Å²) in [6.07, 6.45) is 1.67. The van der Waals surface area contributed by atoms with Crippen molar-refractivity contribution in [2.45, 2.75) is 6.92 Å². The van der Waals surface area contributed by atoms with Crippen LogP contribution in [0.2, 0.25) is 0 Å². The molecule has 3 aromatic rings. The second-order valence-corrected chi connectivity index (χ2v) is 5.16. The van der Waals surface area contributed by atoms with Crippen LogP contribution in [0.25, 0.3) is 16.8 Å². The van der Waals surface area contributed by atoms with Gasteiger partial charge in [0.15, 0.2) is 0 Å². The molecule has 23 heavy (non-hydrogen) atoms. The zero-order chi connectivity index (χ0) is 16.6. The highest BCUT2D eigenvalue weighted by Gasteiger charge is 2.20. The Morgan fingerprint density at radius 1 is 0.957 bits per heavy atom. The van der Waals surface area contributed by atoms with Gasteiger partial charge in [-0.2, -0.15) is 0 Å². The molecule has 0 saturated carbocycles. The Kier molecular flexibility index (Phi) is 3.70. The number of carboxylic acids is 1. The Labute approximate surface area is 131 Å². The minimum Gasteiger partial charge on any atom is -0.478 e. The Balaban J connectivity index is 2.20. The second-order valence-electron chi connectivity index (χ2n) is 5.16. The van der Waals surface area contributed by atoms with Gasteiger partial charge < -0.3 is 9.67 Å². The Bertz CT molecular complexity index is 865. The second kappa shape index (κ2) is 5.68. The van der Waals surface area contributed by atoms with E-state index in [1.165, 1.54) is 36.4 Å². The zero-order valence-electron chi connectivity index (χ0n) is 12.3. The molecule has 0 spiro atoms. The highest BCUT2D eigenvalue weighted by atomic mass is 19.1. The molecule has 0 bridgehead atoms. The molecule has 1 aromatic heterocycles. The maximum absolute atomic E-state index is 13.1. The summed E-state index contributed by atoms with van der Waals surface area (Å²) in [6.45, 7) is 1.68. The van der Waals surface area contributed by atoms with Gasteiger partial charge in [0.1, 0.15) is 11.6 Å². The van der Waals surface area contributed by atoms with Crippen LogP contribution in [-0.4, -0.2) is 15.6 Å². The summed E-state index contributed by atoms with van der Waals surface area (Å²) in [5.41, 5.74) is 2.40. The lowest BCUT2D eigenvalue weighted by molar-refractivity contribution is 0.0697. The number of carboxylic acid groups (broad SMARTS) is 1. The number of aromatic nitrogens is 1. The van der Waals surface area contributed by atoms with Crippen molar-refractivity contribution >= 4 is 5.97 Å². The van der Waals surface area contributed by atoms with Crippen molar-refractivity contribution < 1.29 is 18.7 Å². The number of hydrogen-bond donors (Lipinski definition) is 1. The van der Waals surface area contributed by atoms with Crippen molar-refractivity contribution in [3.63, 3.8) is 0 Å². The van der Waals surface area contributed by atoms with Crippen LogP contribution < -0.4 is 0 Å². The van der Waals surface area contributed by atoms with Crippen LogP contribution in [0, 0.1) is 18.6 Å². The van der Waals surface area contributed by atoms with Gasteiger partial charge in [0.2, 0.25) is 0 Å². The monoisotopic (exact) mass is 313 g/mol. The third kappa shape index (κ3) is 2.73. The minimum atomic E-state index is -1.07. The van der Waals surface area contributed by atoms with Gasteiger partial charge in [-0.05, 0) is 48.9 Å². The molecule has 0 aliphatic heterocycles. The van der Waals surface area contributed by atoms with Crippen LogP contribution in [0.5, 0.6) is 0 Å². The highest BCUT2D eigenvalue weighted by molar-refractivity contribution is 5.97. The predicted molar refractivity (Wildman–Crippen MR) is 82.8 cm³/mol. The molecule has 2 aromatic carbocycles. The molecular weight excluding hydrogens is 300 g/mol. The van der Waals surface area contributed by atoms with Crippen LogP contribution in [0.1, 0.15) is 16.1 Å². The first kappa shape index (κ1) is 15.0. The van der Waals surface area contributed by atoms with E-state index in [9.17, 15) is 18.7 Å². The molecule has 0 aliphatic carbocycles. The van der Waals surface area contributed by atoms with Crippen LogP contribution in [-0.2, 0) is 0 Å². The fraction of sp³-hybridized carbons (Fsp3) is 0.0556. The third-order valence-electron chi connectivity index (χ3n) is 3.72. The fourth-order valence-electron chi connectivity index (χ4n) is 2.59. The standard InChI is InChI=1S/C18H13F2NO2/c1-11-17(18(22)23)16(12-2-4-13(19)5-3-12)10-21(11)15-8-6-14(20)7-9-15/h2-10H,1H3,(H,22,23). The summed E-state index contributed by atoms with van der Waals surface area (Å²) in [5, 5.41) is 9.52. The van der Waals surface area contributed by atoms with Crippen molar-refractivity contribution in [2.24, 2.45) is 0 Å². The van der Waals surface area contributed by atoms with Crippen molar-refractivity contribution in [1.29, 1.82) is 0 Å².